The Hall–Kier alpha value is -1.32. The standard InChI is InChI=1S/C15H19NOS/c1-11-7-8-18-15(11)9-13(10-16)12-3-5-14(17-2)6-4-12/h3-8,13H,9-10,16H2,1-2H3. The largest absolute Gasteiger partial charge is 0.497 e. The second kappa shape index (κ2) is 6.03. The monoisotopic (exact) mass is 261 g/mol. The number of hydrogen-bond donors (Lipinski definition) is 1. The molecule has 2 nitrogen and oxygen atoms in total. The summed E-state index contributed by atoms with van der Waals surface area (Å²) in [5, 5.41) is 2.15. The highest BCUT2D eigenvalue weighted by molar-refractivity contribution is 7.10. The average Bonchev–Trinajstić information content (AvgIpc) is 2.81. The fourth-order valence-electron chi connectivity index (χ4n) is 2.05. The lowest BCUT2D eigenvalue weighted by Gasteiger charge is -2.15. The van der Waals surface area contributed by atoms with Crippen molar-refractivity contribution < 1.29 is 4.74 Å². The Morgan fingerprint density at radius 1 is 1.22 bits per heavy atom. The molecule has 96 valence electrons. The predicted molar refractivity (Wildman–Crippen MR) is 77.5 cm³/mol. The Labute approximate surface area is 112 Å². The van der Waals surface area contributed by atoms with Gasteiger partial charge in [-0.25, -0.2) is 0 Å². The van der Waals surface area contributed by atoms with Crippen LogP contribution in [0.1, 0.15) is 21.9 Å². The van der Waals surface area contributed by atoms with E-state index in [4.69, 9.17) is 10.5 Å². The molecule has 1 heterocycles. The summed E-state index contributed by atoms with van der Waals surface area (Å²) in [6.45, 7) is 2.83. The van der Waals surface area contributed by atoms with Gasteiger partial charge in [0.15, 0.2) is 0 Å². The van der Waals surface area contributed by atoms with Crippen molar-refractivity contribution in [2.24, 2.45) is 5.73 Å². The minimum Gasteiger partial charge on any atom is -0.497 e. The molecule has 0 fully saturated rings. The first kappa shape index (κ1) is 13.1. The molecule has 2 N–H and O–H groups in total. The molecule has 0 spiro atoms. The van der Waals surface area contributed by atoms with Crippen LogP contribution in [0.25, 0.3) is 0 Å². The molecule has 2 aromatic rings. The number of ether oxygens (including phenoxy) is 1. The van der Waals surface area contributed by atoms with Crippen LogP contribution in [-0.2, 0) is 6.42 Å². The highest BCUT2D eigenvalue weighted by Gasteiger charge is 2.12. The van der Waals surface area contributed by atoms with Crippen LogP contribution in [-0.4, -0.2) is 13.7 Å². The Morgan fingerprint density at radius 2 is 1.94 bits per heavy atom. The summed E-state index contributed by atoms with van der Waals surface area (Å²) in [6.07, 6.45) is 1.02. The van der Waals surface area contributed by atoms with Gasteiger partial charge in [-0.2, -0.15) is 0 Å². The predicted octanol–water partition coefficient (Wildman–Crippen LogP) is 3.35. The van der Waals surface area contributed by atoms with Crippen LogP contribution < -0.4 is 10.5 Å². The number of hydrogen-bond acceptors (Lipinski definition) is 3. The van der Waals surface area contributed by atoms with Gasteiger partial charge in [-0.3, -0.25) is 0 Å². The van der Waals surface area contributed by atoms with E-state index in [1.54, 1.807) is 7.11 Å². The lowest BCUT2D eigenvalue weighted by atomic mass is 9.94. The molecule has 2 rings (SSSR count). The van der Waals surface area contributed by atoms with Crippen LogP contribution in [0, 0.1) is 6.92 Å². The molecule has 3 heteroatoms. The molecule has 18 heavy (non-hydrogen) atoms. The van der Waals surface area contributed by atoms with Crippen LogP contribution in [0.4, 0.5) is 0 Å². The van der Waals surface area contributed by atoms with Crippen molar-refractivity contribution in [3.8, 4) is 5.75 Å². The minimum atomic E-state index is 0.383. The van der Waals surface area contributed by atoms with Crippen molar-refractivity contribution in [2.75, 3.05) is 13.7 Å². The molecule has 1 aromatic heterocycles. The van der Waals surface area contributed by atoms with Crippen molar-refractivity contribution in [3.05, 3.63) is 51.7 Å². The summed E-state index contributed by atoms with van der Waals surface area (Å²) < 4.78 is 5.18. The third-order valence-electron chi connectivity index (χ3n) is 3.27. The molecule has 0 amide bonds. The van der Waals surface area contributed by atoms with Gasteiger partial charge in [0.25, 0.3) is 0 Å². The lowest BCUT2D eigenvalue weighted by molar-refractivity contribution is 0.414. The molecule has 0 saturated heterocycles. The molecule has 0 radical (unpaired) electrons. The molecular formula is C15H19NOS. The quantitative estimate of drug-likeness (QED) is 0.896. The minimum absolute atomic E-state index is 0.383. The van der Waals surface area contributed by atoms with E-state index in [1.807, 2.05) is 23.5 Å². The van der Waals surface area contributed by atoms with Gasteiger partial charge >= 0.3 is 0 Å². The number of nitrogens with two attached hydrogens (primary N) is 1. The van der Waals surface area contributed by atoms with E-state index in [-0.39, 0.29) is 0 Å². The third kappa shape index (κ3) is 2.92. The normalized spacial score (nSPS) is 12.4. The van der Waals surface area contributed by atoms with Gasteiger partial charge in [-0.05, 0) is 54.6 Å². The zero-order valence-electron chi connectivity index (χ0n) is 10.8. The fourth-order valence-corrected chi connectivity index (χ4v) is 3.04. The molecule has 0 saturated carbocycles. The number of aryl methyl sites for hydroxylation is 1. The number of methoxy groups -OCH3 is 1. The molecule has 1 atom stereocenters. The van der Waals surface area contributed by atoms with Crippen LogP contribution >= 0.6 is 11.3 Å². The Kier molecular flexibility index (Phi) is 4.39. The molecule has 1 unspecified atom stereocenters. The maximum Gasteiger partial charge on any atom is 0.118 e. The summed E-state index contributed by atoms with van der Waals surface area (Å²) in [5.41, 5.74) is 8.57. The summed E-state index contributed by atoms with van der Waals surface area (Å²) in [7, 11) is 1.68. The van der Waals surface area contributed by atoms with E-state index in [0.717, 1.165) is 12.2 Å². The van der Waals surface area contributed by atoms with E-state index >= 15 is 0 Å². The van der Waals surface area contributed by atoms with Crippen LogP contribution in [0.3, 0.4) is 0 Å². The third-order valence-corrected chi connectivity index (χ3v) is 4.32. The second-order valence-corrected chi connectivity index (χ2v) is 5.44. The maximum absolute atomic E-state index is 5.92. The Morgan fingerprint density at radius 3 is 2.44 bits per heavy atom. The first-order valence-corrected chi connectivity index (χ1v) is 6.99. The van der Waals surface area contributed by atoms with Gasteiger partial charge in [0.2, 0.25) is 0 Å². The van der Waals surface area contributed by atoms with Gasteiger partial charge in [-0.15, -0.1) is 11.3 Å². The van der Waals surface area contributed by atoms with E-state index < -0.39 is 0 Å². The second-order valence-electron chi connectivity index (χ2n) is 4.44. The van der Waals surface area contributed by atoms with Gasteiger partial charge in [-0.1, -0.05) is 12.1 Å². The van der Waals surface area contributed by atoms with Crippen molar-refractivity contribution in [1.29, 1.82) is 0 Å². The topological polar surface area (TPSA) is 35.2 Å². The van der Waals surface area contributed by atoms with E-state index in [9.17, 15) is 0 Å². The molecule has 0 aliphatic rings. The smallest absolute Gasteiger partial charge is 0.118 e. The van der Waals surface area contributed by atoms with Crippen LogP contribution in [0.5, 0.6) is 5.75 Å². The number of thiophene rings is 1. The lowest BCUT2D eigenvalue weighted by Crippen LogP contribution is -2.14. The summed E-state index contributed by atoms with van der Waals surface area (Å²) in [6, 6.07) is 10.4. The summed E-state index contributed by atoms with van der Waals surface area (Å²) >= 11 is 1.82. The van der Waals surface area contributed by atoms with Gasteiger partial charge < -0.3 is 10.5 Å². The summed E-state index contributed by atoms with van der Waals surface area (Å²) in [5.74, 6) is 1.27. The zero-order valence-corrected chi connectivity index (χ0v) is 11.7. The maximum atomic E-state index is 5.92. The molecule has 1 aromatic carbocycles. The first-order chi connectivity index (χ1) is 8.74. The highest BCUT2D eigenvalue weighted by atomic mass is 32.1. The van der Waals surface area contributed by atoms with Crippen molar-refractivity contribution in [2.45, 2.75) is 19.3 Å². The molecular weight excluding hydrogens is 242 g/mol. The van der Waals surface area contributed by atoms with Gasteiger partial charge in [0, 0.05) is 10.8 Å². The van der Waals surface area contributed by atoms with Crippen LogP contribution in [0.2, 0.25) is 0 Å². The first-order valence-electron chi connectivity index (χ1n) is 6.11. The molecule has 0 aliphatic carbocycles. The van der Waals surface area contributed by atoms with Crippen molar-refractivity contribution in [3.63, 3.8) is 0 Å². The highest BCUT2D eigenvalue weighted by Crippen LogP contribution is 2.26. The van der Waals surface area contributed by atoms with Gasteiger partial charge in [0.05, 0.1) is 7.11 Å². The Balaban J connectivity index is 2.15. The summed E-state index contributed by atoms with van der Waals surface area (Å²) in [4.78, 5) is 1.43. The fraction of sp³-hybridized carbons (Fsp3) is 0.333. The van der Waals surface area contributed by atoms with Crippen molar-refractivity contribution in [1.82, 2.24) is 0 Å². The van der Waals surface area contributed by atoms with E-state index in [2.05, 4.69) is 30.5 Å². The average molecular weight is 261 g/mol. The van der Waals surface area contributed by atoms with Crippen molar-refractivity contribution >= 4 is 11.3 Å². The zero-order chi connectivity index (χ0) is 13.0. The van der Waals surface area contributed by atoms with E-state index in [1.165, 1.54) is 16.0 Å². The van der Waals surface area contributed by atoms with E-state index in [0.29, 0.717) is 12.5 Å². The number of benzene rings is 1. The van der Waals surface area contributed by atoms with Gasteiger partial charge in [0.1, 0.15) is 5.75 Å². The molecule has 0 bridgehead atoms. The SMILES string of the molecule is COc1ccc(C(CN)Cc2sccc2C)cc1. The number of rotatable bonds is 5. The molecule has 0 aliphatic heterocycles. The Bertz CT molecular complexity index is 489. The van der Waals surface area contributed by atoms with Crippen LogP contribution in [0.15, 0.2) is 35.7 Å².